The Balaban J connectivity index is 2.98. The van der Waals surface area contributed by atoms with Crippen molar-refractivity contribution in [2.45, 2.75) is 13.8 Å². The molecule has 0 saturated carbocycles. The predicted molar refractivity (Wildman–Crippen MR) is 65.5 cm³/mol. The van der Waals surface area contributed by atoms with E-state index in [1.54, 1.807) is 19.1 Å². The van der Waals surface area contributed by atoms with E-state index in [1.165, 1.54) is 6.08 Å². The van der Waals surface area contributed by atoms with Crippen molar-refractivity contribution in [2.24, 2.45) is 0 Å². The molecule has 0 aliphatic rings. The number of allylic oxidation sites excluding steroid dienone is 2. The van der Waals surface area contributed by atoms with Crippen LogP contribution in [0.5, 0.6) is 0 Å². The fourth-order valence-electron chi connectivity index (χ4n) is 1.25. The number of aromatic nitrogens is 1. The first-order valence-corrected chi connectivity index (χ1v) is 5.32. The van der Waals surface area contributed by atoms with Crippen LogP contribution < -0.4 is 0 Å². The Hall–Kier alpha value is -1.48. The Bertz CT molecular complexity index is 432. The molecule has 1 N–H and O–H groups in total. The van der Waals surface area contributed by atoms with Gasteiger partial charge in [-0.1, -0.05) is 24.3 Å². The lowest BCUT2D eigenvalue weighted by molar-refractivity contribution is 0.0520. The molecular weight excluding hydrogens is 226 g/mol. The van der Waals surface area contributed by atoms with E-state index < -0.39 is 0 Å². The van der Waals surface area contributed by atoms with Crippen LogP contribution in [-0.4, -0.2) is 17.6 Å². The Kier molecular flexibility index (Phi) is 4.38. The SMILES string of the molecule is C=C/C(Cl)=C\c1cc(C(=O)OCC)[nH]c1C. The highest BCUT2D eigenvalue weighted by Crippen LogP contribution is 2.17. The Morgan fingerprint density at radius 3 is 2.94 bits per heavy atom. The highest BCUT2D eigenvalue weighted by Gasteiger charge is 2.11. The number of aryl methyl sites for hydroxylation is 1. The summed E-state index contributed by atoms with van der Waals surface area (Å²) in [4.78, 5) is 14.4. The van der Waals surface area contributed by atoms with E-state index in [9.17, 15) is 4.79 Å². The van der Waals surface area contributed by atoms with E-state index in [-0.39, 0.29) is 5.97 Å². The van der Waals surface area contributed by atoms with Crippen molar-refractivity contribution < 1.29 is 9.53 Å². The van der Waals surface area contributed by atoms with E-state index in [0.29, 0.717) is 17.3 Å². The largest absolute Gasteiger partial charge is 0.461 e. The van der Waals surface area contributed by atoms with Crippen molar-refractivity contribution in [3.05, 3.63) is 40.7 Å². The zero-order chi connectivity index (χ0) is 12.1. The van der Waals surface area contributed by atoms with Gasteiger partial charge in [-0.15, -0.1) is 0 Å². The van der Waals surface area contributed by atoms with Crippen LogP contribution in [0.25, 0.3) is 6.08 Å². The van der Waals surface area contributed by atoms with Crippen molar-refractivity contribution in [1.82, 2.24) is 4.98 Å². The molecule has 86 valence electrons. The molecule has 1 heterocycles. The van der Waals surface area contributed by atoms with Crippen molar-refractivity contribution in [2.75, 3.05) is 6.61 Å². The molecule has 1 aromatic rings. The normalized spacial score (nSPS) is 11.3. The van der Waals surface area contributed by atoms with E-state index in [1.807, 2.05) is 6.92 Å². The molecular formula is C12H14ClNO2. The average Bonchev–Trinajstić information content (AvgIpc) is 2.61. The Labute approximate surface area is 99.8 Å². The Morgan fingerprint density at radius 1 is 1.69 bits per heavy atom. The zero-order valence-electron chi connectivity index (χ0n) is 9.34. The maximum absolute atomic E-state index is 11.4. The molecule has 0 fully saturated rings. The number of esters is 1. The molecule has 1 rings (SSSR count). The summed E-state index contributed by atoms with van der Waals surface area (Å²) in [5.41, 5.74) is 2.15. The van der Waals surface area contributed by atoms with Gasteiger partial charge in [-0.25, -0.2) is 4.79 Å². The first-order valence-electron chi connectivity index (χ1n) is 4.94. The average molecular weight is 240 g/mol. The second kappa shape index (κ2) is 5.56. The highest BCUT2D eigenvalue weighted by molar-refractivity contribution is 6.33. The van der Waals surface area contributed by atoms with Gasteiger partial charge in [0.15, 0.2) is 0 Å². The van der Waals surface area contributed by atoms with E-state index in [4.69, 9.17) is 16.3 Å². The third kappa shape index (κ3) is 3.00. The first-order chi connectivity index (χ1) is 7.58. The number of hydrogen-bond donors (Lipinski definition) is 1. The second-order valence-electron chi connectivity index (χ2n) is 3.22. The molecule has 0 bridgehead atoms. The van der Waals surface area contributed by atoms with Crippen molar-refractivity contribution in [3.8, 4) is 0 Å². The fraction of sp³-hybridized carbons (Fsp3) is 0.250. The second-order valence-corrected chi connectivity index (χ2v) is 3.65. The number of H-pyrrole nitrogens is 1. The van der Waals surface area contributed by atoms with Crippen LogP contribution in [0, 0.1) is 6.92 Å². The lowest BCUT2D eigenvalue weighted by atomic mass is 10.2. The van der Waals surface area contributed by atoms with Crippen LogP contribution in [0.4, 0.5) is 0 Å². The van der Waals surface area contributed by atoms with Gasteiger partial charge in [0.1, 0.15) is 5.69 Å². The summed E-state index contributed by atoms with van der Waals surface area (Å²) < 4.78 is 4.88. The highest BCUT2D eigenvalue weighted by atomic mass is 35.5. The lowest BCUT2D eigenvalue weighted by Crippen LogP contribution is -2.04. The summed E-state index contributed by atoms with van der Waals surface area (Å²) in [6, 6.07) is 1.71. The predicted octanol–water partition coefficient (Wildman–Crippen LogP) is 3.27. The topological polar surface area (TPSA) is 42.1 Å². The third-order valence-electron chi connectivity index (χ3n) is 2.04. The van der Waals surface area contributed by atoms with Crippen molar-refractivity contribution >= 4 is 23.6 Å². The van der Waals surface area contributed by atoms with Crippen LogP contribution in [0.3, 0.4) is 0 Å². The lowest BCUT2D eigenvalue weighted by Gasteiger charge is -1.96. The smallest absolute Gasteiger partial charge is 0.354 e. The minimum absolute atomic E-state index is 0.357. The maximum atomic E-state index is 11.4. The standard InChI is InChI=1S/C12H14ClNO2/c1-4-10(13)6-9-7-11(14-8(9)3)12(15)16-5-2/h4,6-7,14H,1,5H2,2-3H3/b10-6+. The van der Waals surface area contributed by atoms with E-state index >= 15 is 0 Å². The van der Waals surface area contributed by atoms with E-state index in [2.05, 4.69) is 11.6 Å². The van der Waals surface area contributed by atoms with Crippen molar-refractivity contribution in [1.29, 1.82) is 0 Å². The van der Waals surface area contributed by atoms with Crippen LogP contribution in [0.15, 0.2) is 23.8 Å². The molecule has 16 heavy (non-hydrogen) atoms. The molecule has 3 nitrogen and oxygen atoms in total. The summed E-state index contributed by atoms with van der Waals surface area (Å²) in [6.45, 7) is 7.54. The van der Waals surface area contributed by atoms with Crippen LogP contribution in [-0.2, 0) is 4.74 Å². The molecule has 0 aliphatic heterocycles. The van der Waals surface area contributed by atoms with Crippen LogP contribution >= 0.6 is 11.6 Å². The van der Waals surface area contributed by atoms with Gasteiger partial charge in [0, 0.05) is 10.7 Å². The number of carbonyl (C=O) groups excluding carboxylic acids is 1. The van der Waals surface area contributed by atoms with Gasteiger partial charge in [-0.3, -0.25) is 0 Å². The third-order valence-corrected chi connectivity index (χ3v) is 2.30. The molecule has 0 aliphatic carbocycles. The molecule has 0 radical (unpaired) electrons. The van der Waals surface area contributed by atoms with Gasteiger partial charge < -0.3 is 9.72 Å². The molecule has 1 aromatic heterocycles. The number of aromatic amines is 1. The Morgan fingerprint density at radius 2 is 2.38 bits per heavy atom. The monoisotopic (exact) mass is 239 g/mol. The summed E-state index contributed by atoms with van der Waals surface area (Å²) in [5.74, 6) is -0.361. The number of nitrogens with one attached hydrogen (secondary N) is 1. The van der Waals surface area contributed by atoms with Gasteiger partial charge in [-0.05, 0) is 31.6 Å². The van der Waals surface area contributed by atoms with E-state index in [0.717, 1.165) is 11.3 Å². The number of rotatable bonds is 4. The molecule has 0 unspecified atom stereocenters. The van der Waals surface area contributed by atoms with Gasteiger partial charge in [0.05, 0.1) is 6.61 Å². The molecule has 4 heteroatoms. The summed E-state index contributed by atoms with van der Waals surface area (Å²) in [6.07, 6.45) is 3.28. The van der Waals surface area contributed by atoms with Gasteiger partial charge in [-0.2, -0.15) is 0 Å². The maximum Gasteiger partial charge on any atom is 0.354 e. The summed E-state index contributed by atoms with van der Waals surface area (Å²) in [7, 11) is 0. The minimum Gasteiger partial charge on any atom is -0.461 e. The van der Waals surface area contributed by atoms with Crippen LogP contribution in [0.2, 0.25) is 0 Å². The first kappa shape index (κ1) is 12.6. The molecule has 0 saturated heterocycles. The minimum atomic E-state index is -0.361. The molecule has 0 atom stereocenters. The number of carbonyl (C=O) groups is 1. The van der Waals surface area contributed by atoms with Gasteiger partial charge >= 0.3 is 5.97 Å². The molecule has 0 aromatic carbocycles. The summed E-state index contributed by atoms with van der Waals surface area (Å²) >= 11 is 5.83. The van der Waals surface area contributed by atoms with Gasteiger partial charge in [0.2, 0.25) is 0 Å². The number of hydrogen-bond acceptors (Lipinski definition) is 2. The summed E-state index contributed by atoms with van der Waals surface area (Å²) in [5, 5.41) is 0.525. The fourth-order valence-corrected chi connectivity index (χ4v) is 1.37. The number of ether oxygens (including phenoxy) is 1. The van der Waals surface area contributed by atoms with Crippen LogP contribution in [0.1, 0.15) is 28.7 Å². The molecule has 0 spiro atoms. The number of halogens is 1. The van der Waals surface area contributed by atoms with Gasteiger partial charge in [0.25, 0.3) is 0 Å². The quantitative estimate of drug-likeness (QED) is 0.647. The van der Waals surface area contributed by atoms with Crippen molar-refractivity contribution in [3.63, 3.8) is 0 Å². The zero-order valence-corrected chi connectivity index (χ0v) is 10.1. The molecule has 0 amide bonds.